The average molecular weight is 373 g/mol. The smallest absolute Gasteiger partial charge is 0.306 e. The fourth-order valence-corrected chi connectivity index (χ4v) is 4.95. The lowest BCUT2D eigenvalue weighted by Gasteiger charge is -2.28. The van der Waals surface area contributed by atoms with Crippen LogP contribution in [0.4, 0.5) is 10.5 Å². The Morgan fingerprint density at radius 2 is 1.85 bits per heavy atom. The molecule has 3 aromatic rings. The molecule has 1 N–H and O–H groups in total. The summed E-state index contributed by atoms with van der Waals surface area (Å²) >= 11 is 1.69. The number of carbonyl (C=O) groups excluding carboxylic acids is 1. The van der Waals surface area contributed by atoms with Gasteiger partial charge in [-0.05, 0) is 42.0 Å². The van der Waals surface area contributed by atoms with Crippen molar-refractivity contribution in [1.29, 1.82) is 0 Å². The number of para-hydroxylation sites is 1. The minimum Gasteiger partial charge on any atom is -0.306 e. The van der Waals surface area contributed by atoms with E-state index in [-0.39, 0.29) is 18.0 Å². The number of nitrogens with zero attached hydrogens (tertiary/aromatic N) is 2. The van der Waals surface area contributed by atoms with Crippen LogP contribution >= 0.6 is 11.3 Å². The summed E-state index contributed by atoms with van der Waals surface area (Å²) in [4.78, 5) is 14.3. The lowest BCUT2D eigenvalue weighted by Crippen LogP contribution is -2.34. The monoisotopic (exact) mass is 373 g/mol. The highest BCUT2D eigenvalue weighted by Crippen LogP contribution is 2.44. The Balaban J connectivity index is 1.54. The number of carbonyl (C=O) groups is 1. The van der Waals surface area contributed by atoms with E-state index in [1.165, 1.54) is 16.0 Å². The number of thiophene rings is 1. The number of urea groups is 1. The molecule has 1 aromatic heterocycles. The number of fused-ring (bicyclic) bond motifs is 3. The minimum atomic E-state index is -0.181. The maximum Gasteiger partial charge on any atom is 0.342 e. The lowest BCUT2D eigenvalue weighted by molar-refractivity contribution is 0.189. The zero-order valence-electron chi connectivity index (χ0n) is 14.7. The van der Waals surface area contributed by atoms with E-state index >= 15 is 0 Å². The van der Waals surface area contributed by atoms with E-state index in [1.54, 1.807) is 16.3 Å². The zero-order valence-corrected chi connectivity index (χ0v) is 15.5. The van der Waals surface area contributed by atoms with E-state index in [9.17, 15) is 4.79 Å². The van der Waals surface area contributed by atoms with E-state index in [2.05, 4.69) is 41.0 Å². The van der Waals surface area contributed by atoms with Gasteiger partial charge in [0.1, 0.15) is 0 Å². The standard InChI is InChI=1S/C22H19N3OS/c26-22(23-16-8-2-1-3-9-16)25-21(19-11-6-14-27-19)18-13-12-15-7-4-5-10-17(15)20(18)24-25/h1-11,14,18,21H,12-13H2,(H,23,26)/t18-,21-/m1/s1. The molecule has 0 unspecified atom stereocenters. The van der Waals surface area contributed by atoms with E-state index in [0.717, 1.165) is 24.2 Å². The first kappa shape index (κ1) is 16.3. The van der Waals surface area contributed by atoms with Gasteiger partial charge < -0.3 is 5.32 Å². The summed E-state index contributed by atoms with van der Waals surface area (Å²) in [6.45, 7) is 0. The third-order valence-corrected chi connectivity index (χ3v) is 6.24. The van der Waals surface area contributed by atoms with Gasteiger partial charge in [-0.3, -0.25) is 0 Å². The van der Waals surface area contributed by atoms with Crippen LogP contribution in [-0.2, 0) is 6.42 Å². The molecular formula is C22H19N3OS. The summed E-state index contributed by atoms with van der Waals surface area (Å²) in [6.07, 6.45) is 2.03. The van der Waals surface area contributed by atoms with Gasteiger partial charge in [0.2, 0.25) is 0 Å². The maximum atomic E-state index is 13.1. The third-order valence-electron chi connectivity index (χ3n) is 5.30. The van der Waals surface area contributed by atoms with Crippen molar-refractivity contribution in [2.45, 2.75) is 18.9 Å². The molecule has 27 heavy (non-hydrogen) atoms. The van der Waals surface area contributed by atoms with Gasteiger partial charge in [-0.2, -0.15) is 5.10 Å². The van der Waals surface area contributed by atoms with Crippen LogP contribution in [0.2, 0.25) is 0 Å². The second-order valence-corrected chi connectivity index (χ2v) is 7.87. The quantitative estimate of drug-likeness (QED) is 0.650. The minimum absolute atomic E-state index is 0.0444. The van der Waals surface area contributed by atoms with Crippen LogP contribution in [-0.4, -0.2) is 16.8 Å². The van der Waals surface area contributed by atoms with Crippen molar-refractivity contribution in [2.75, 3.05) is 5.32 Å². The summed E-state index contributed by atoms with van der Waals surface area (Å²) in [5.74, 6) is 0.236. The molecule has 2 heterocycles. The molecular weight excluding hydrogens is 354 g/mol. The number of hydrogen-bond acceptors (Lipinski definition) is 3. The van der Waals surface area contributed by atoms with Crippen molar-refractivity contribution < 1.29 is 4.79 Å². The van der Waals surface area contributed by atoms with Crippen LogP contribution in [0.3, 0.4) is 0 Å². The van der Waals surface area contributed by atoms with E-state index < -0.39 is 0 Å². The molecule has 134 valence electrons. The molecule has 0 radical (unpaired) electrons. The second-order valence-electron chi connectivity index (χ2n) is 6.89. The number of anilines is 1. The molecule has 0 fully saturated rings. The fourth-order valence-electron chi connectivity index (χ4n) is 4.07. The Labute approximate surface area is 162 Å². The highest BCUT2D eigenvalue weighted by Gasteiger charge is 2.44. The fraction of sp³-hybridized carbons (Fsp3) is 0.182. The largest absolute Gasteiger partial charge is 0.342 e. The molecule has 0 saturated heterocycles. The Bertz CT molecular complexity index is 997. The average Bonchev–Trinajstić information content (AvgIpc) is 3.36. The van der Waals surface area contributed by atoms with Gasteiger partial charge in [-0.15, -0.1) is 11.3 Å². The predicted octanol–water partition coefficient (Wildman–Crippen LogP) is 5.30. The number of amides is 2. The first-order chi connectivity index (χ1) is 13.3. The van der Waals surface area contributed by atoms with E-state index in [0.29, 0.717) is 0 Å². The van der Waals surface area contributed by atoms with Gasteiger partial charge in [0.25, 0.3) is 0 Å². The van der Waals surface area contributed by atoms with Gasteiger partial charge in [-0.1, -0.05) is 48.5 Å². The number of hydrazone groups is 1. The van der Waals surface area contributed by atoms with E-state index in [1.807, 2.05) is 36.4 Å². The highest BCUT2D eigenvalue weighted by atomic mass is 32.1. The molecule has 0 saturated carbocycles. The number of benzene rings is 2. The van der Waals surface area contributed by atoms with Crippen LogP contribution in [0.15, 0.2) is 77.2 Å². The maximum absolute atomic E-state index is 13.1. The highest BCUT2D eigenvalue weighted by molar-refractivity contribution is 7.10. The summed E-state index contributed by atoms with van der Waals surface area (Å²) in [5, 5.41) is 11.5. The van der Waals surface area contributed by atoms with Crippen molar-refractivity contribution in [2.24, 2.45) is 11.0 Å². The Morgan fingerprint density at radius 3 is 2.67 bits per heavy atom. The Morgan fingerprint density at radius 1 is 1.04 bits per heavy atom. The summed E-state index contributed by atoms with van der Waals surface area (Å²) in [6, 6.07) is 21.9. The van der Waals surface area contributed by atoms with Crippen molar-refractivity contribution in [1.82, 2.24) is 5.01 Å². The Hall–Kier alpha value is -2.92. The molecule has 2 aliphatic rings. The van der Waals surface area contributed by atoms with Crippen LogP contribution in [0, 0.1) is 5.92 Å². The molecule has 0 spiro atoms. The molecule has 4 nitrogen and oxygen atoms in total. The molecule has 5 rings (SSSR count). The molecule has 2 atom stereocenters. The third kappa shape index (κ3) is 2.84. The normalized spacial score (nSPS) is 20.6. The van der Waals surface area contributed by atoms with Crippen LogP contribution < -0.4 is 5.32 Å². The van der Waals surface area contributed by atoms with Crippen molar-refractivity contribution in [3.05, 3.63) is 88.1 Å². The second kappa shape index (κ2) is 6.67. The molecule has 2 aromatic carbocycles. The number of nitrogens with one attached hydrogen (secondary N) is 1. The van der Waals surface area contributed by atoms with Gasteiger partial charge in [-0.25, -0.2) is 9.80 Å². The topological polar surface area (TPSA) is 44.7 Å². The summed E-state index contributed by atoms with van der Waals surface area (Å²) in [5.41, 5.74) is 4.33. The predicted molar refractivity (Wildman–Crippen MR) is 109 cm³/mol. The number of rotatable bonds is 2. The zero-order chi connectivity index (χ0) is 18.2. The van der Waals surface area contributed by atoms with Gasteiger partial charge in [0.15, 0.2) is 0 Å². The van der Waals surface area contributed by atoms with Crippen molar-refractivity contribution in [3.63, 3.8) is 0 Å². The lowest BCUT2D eigenvalue weighted by atomic mass is 9.79. The van der Waals surface area contributed by atoms with Crippen LogP contribution in [0.1, 0.15) is 28.5 Å². The SMILES string of the molecule is O=C(Nc1ccccc1)N1N=C2c3ccccc3CC[C@H]2[C@@H]1c1cccs1. The number of hydrogen-bond donors (Lipinski definition) is 1. The number of aryl methyl sites for hydroxylation is 1. The molecule has 0 bridgehead atoms. The van der Waals surface area contributed by atoms with Gasteiger partial charge in [0, 0.05) is 22.0 Å². The summed E-state index contributed by atoms with van der Waals surface area (Å²) < 4.78 is 0. The molecule has 1 aliphatic heterocycles. The molecule has 5 heteroatoms. The van der Waals surface area contributed by atoms with Gasteiger partial charge in [0.05, 0.1) is 11.8 Å². The van der Waals surface area contributed by atoms with Crippen molar-refractivity contribution in [3.8, 4) is 0 Å². The first-order valence-electron chi connectivity index (χ1n) is 9.17. The first-order valence-corrected chi connectivity index (χ1v) is 10.0. The summed E-state index contributed by atoms with van der Waals surface area (Å²) in [7, 11) is 0. The molecule has 2 amide bonds. The van der Waals surface area contributed by atoms with Crippen molar-refractivity contribution >= 4 is 28.8 Å². The van der Waals surface area contributed by atoms with Crippen LogP contribution in [0.25, 0.3) is 0 Å². The Kier molecular flexibility index (Phi) is 4.02. The van der Waals surface area contributed by atoms with Crippen LogP contribution in [0.5, 0.6) is 0 Å². The van der Waals surface area contributed by atoms with E-state index in [4.69, 9.17) is 5.10 Å². The molecule has 1 aliphatic carbocycles. The van der Waals surface area contributed by atoms with Gasteiger partial charge >= 0.3 is 6.03 Å².